The number of aromatic nitrogens is 1. The monoisotopic (exact) mass is 315 g/mol. The van der Waals surface area contributed by atoms with Crippen LogP contribution in [0.15, 0.2) is 36.7 Å². The Labute approximate surface area is 133 Å². The highest BCUT2D eigenvalue weighted by atomic mass is 16.6. The van der Waals surface area contributed by atoms with Crippen LogP contribution >= 0.6 is 0 Å². The van der Waals surface area contributed by atoms with Crippen molar-refractivity contribution in [2.24, 2.45) is 0 Å². The molecule has 1 N–H and O–H groups in total. The fourth-order valence-electron chi connectivity index (χ4n) is 2.15. The number of hydrogen-bond acceptors (Lipinski definition) is 5. The average Bonchev–Trinajstić information content (AvgIpc) is 2.52. The molecule has 1 amide bonds. The number of nitro groups is 1. The number of amides is 1. The minimum absolute atomic E-state index is 0.122. The van der Waals surface area contributed by atoms with Crippen LogP contribution in [0.2, 0.25) is 0 Å². The van der Waals surface area contributed by atoms with E-state index in [0.29, 0.717) is 12.1 Å². The summed E-state index contributed by atoms with van der Waals surface area (Å²) in [6.45, 7) is 3.52. The van der Waals surface area contributed by atoms with Gasteiger partial charge < -0.3 is 10.1 Å². The molecule has 7 nitrogen and oxygen atoms in total. The number of carbonyl (C=O) groups excluding carboxylic acids is 1. The lowest BCUT2D eigenvalue weighted by Gasteiger charge is -2.10. The van der Waals surface area contributed by atoms with Crippen LogP contribution in [0.5, 0.6) is 5.75 Å². The molecule has 2 aromatic rings. The molecule has 0 atom stereocenters. The maximum Gasteiger partial charge on any atom is 0.311 e. The Morgan fingerprint density at radius 1 is 1.39 bits per heavy atom. The fourth-order valence-corrected chi connectivity index (χ4v) is 2.15. The molecule has 2 rings (SSSR count). The topological polar surface area (TPSA) is 94.4 Å². The zero-order valence-electron chi connectivity index (χ0n) is 12.9. The van der Waals surface area contributed by atoms with Crippen LogP contribution in [0.3, 0.4) is 0 Å². The number of benzene rings is 1. The number of rotatable bonds is 6. The molecule has 0 saturated carbocycles. The Morgan fingerprint density at radius 2 is 2.17 bits per heavy atom. The van der Waals surface area contributed by atoms with Gasteiger partial charge >= 0.3 is 5.69 Å². The zero-order chi connectivity index (χ0) is 16.8. The minimum Gasteiger partial charge on any atom is -0.477 e. The number of nitro benzene ring substituents is 1. The highest BCUT2D eigenvalue weighted by Crippen LogP contribution is 2.31. The van der Waals surface area contributed by atoms with Gasteiger partial charge in [0.1, 0.15) is 0 Å². The number of ether oxygens (including phenoxy) is 1. The molecule has 0 aliphatic heterocycles. The second-order valence-electron chi connectivity index (χ2n) is 5.11. The molecule has 120 valence electrons. The predicted octanol–water partition coefficient (Wildman–Crippen LogP) is 2.30. The Morgan fingerprint density at radius 3 is 2.83 bits per heavy atom. The van der Waals surface area contributed by atoms with E-state index in [1.54, 1.807) is 38.4 Å². The van der Waals surface area contributed by atoms with Gasteiger partial charge in [0, 0.05) is 25.0 Å². The van der Waals surface area contributed by atoms with Gasteiger partial charge in [-0.3, -0.25) is 19.9 Å². The van der Waals surface area contributed by atoms with Crippen molar-refractivity contribution in [2.75, 3.05) is 6.61 Å². The van der Waals surface area contributed by atoms with E-state index >= 15 is 0 Å². The van der Waals surface area contributed by atoms with E-state index < -0.39 is 4.92 Å². The van der Waals surface area contributed by atoms with E-state index in [2.05, 4.69) is 10.3 Å². The molecule has 0 spiro atoms. The first-order valence-corrected chi connectivity index (χ1v) is 7.01. The number of nitrogens with one attached hydrogen (secondary N) is 1. The van der Waals surface area contributed by atoms with Crippen molar-refractivity contribution < 1.29 is 14.5 Å². The highest BCUT2D eigenvalue weighted by molar-refractivity contribution is 5.77. The van der Waals surface area contributed by atoms with Crippen molar-refractivity contribution in [2.45, 2.75) is 20.4 Å². The predicted molar refractivity (Wildman–Crippen MR) is 84.1 cm³/mol. The number of carbonyl (C=O) groups is 1. The Hall–Kier alpha value is -2.96. The summed E-state index contributed by atoms with van der Waals surface area (Å²) in [4.78, 5) is 26.4. The summed E-state index contributed by atoms with van der Waals surface area (Å²) in [5, 5.41) is 13.8. The first-order chi connectivity index (χ1) is 11.0. The maximum atomic E-state index is 11.8. The van der Waals surface area contributed by atoms with Crippen LogP contribution in [0.4, 0.5) is 5.69 Å². The molecule has 0 bridgehead atoms. The van der Waals surface area contributed by atoms with E-state index in [1.165, 1.54) is 6.07 Å². The quantitative estimate of drug-likeness (QED) is 0.652. The molecule has 0 fully saturated rings. The molecule has 1 aromatic carbocycles. The Kier molecular flexibility index (Phi) is 5.24. The van der Waals surface area contributed by atoms with Crippen molar-refractivity contribution in [1.82, 2.24) is 10.3 Å². The van der Waals surface area contributed by atoms with E-state index in [9.17, 15) is 14.9 Å². The summed E-state index contributed by atoms with van der Waals surface area (Å²) in [6, 6.07) is 6.81. The lowest BCUT2D eigenvalue weighted by Crippen LogP contribution is -2.28. The summed E-state index contributed by atoms with van der Waals surface area (Å²) in [6.07, 6.45) is 3.30. The normalized spacial score (nSPS) is 10.2. The van der Waals surface area contributed by atoms with Gasteiger partial charge in [-0.25, -0.2) is 0 Å². The van der Waals surface area contributed by atoms with Crippen LogP contribution in [0.25, 0.3) is 0 Å². The molecular formula is C16H17N3O4. The smallest absolute Gasteiger partial charge is 0.311 e. The fraction of sp³-hybridized carbons (Fsp3) is 0.250. The second kappa shape index (κ2) is 7.35. The lowest BCUT2D eigenvalue weighted by atomic mass is 10.1. The van der Waals surface area contributed by atoms with Gasteiger partial charge in [0.25, 0.3) is 5.91 Å². The van der Waals surface area contributed by atoms with Gasteiger partial charge in [0.15, 0.2) is 6.61 Å². The van der Waals surface area contributed by atoms with E-state index in [4.69, 9.17) is 4.74 Å². The van der Waals surface area contributed by atoms with E-state index in [0.717, 1.165) is 11.1 Å². The number of aryl methyl sites for hydroxylation is 2. The SMILES string of the molecule is Cc1cc(C)c(OCC(=O)NCc2cccnc2)c([N+](=O)[O-])c1. The summed E-state index contributed by atoms with van der Waals surface area (Å²) < 4.78 is 5.37. The maximum absolute atomic E-state index is 11.8. The molecule has 0 aliphatic rings. The van der Waals surface area contributed by atoms with Crippen LogP contribution in [0, 0.1) is 24.0 Å². The molecule has 0 unspecified atom stereocenters. The Balaban J connectivity index is 1.98. The van der Waals surface area contributed by atoms with Crippen LogP contribution in [-0.2, 0) is 11.3 Å². The van der Waals surface area contributed by atoms with Crippen molar-refractivity contribution in [3.63, 3.8) is 0 Å². The van der Waals surface area contributed by atoms with Crippen LogP contribution in [0.1, 0.15) is 16.7 Å². The van der Waals surface area contributed by atoms with E-state index in [-0.39, 0.29) is 24.0 Å². The molecule has 1 aromatic heterocycles. The first-order valence-electron chi connectivity index (χ1n) is 7.01. The molecule has 0 radical (unpaired) electrons. The van der Waals surface area contributed by atoms with Gasteiger partial charge in [0.05, 0.1) is 4.92 Å². The summed E-state index contributed by atoms with van der Waals surface area (Å²) >= 11 is 0. The number of pyridine rings is 1. The van der Waals surface area contributed by atoms with Gasteiger partial charge in [-0.05, 0) is 36.6 Å². The number of nitrogens with zero attached hydrogens (tertiary/aromatic N) is 2. The summed E-state index contributed by atoms with van der Waals surface area (Å²) in [7, 11) is 0. The third-order valence-electron chi connectivity index (χ3n) is 3.16. The number of hydrogen-bond donors (Lipinski definition) is 1. The first kappa shape index (κ1) is 16.4. The van der Waals surface area contributed by atoms with Gasteiger partial charge in [-0.1, -0.05) is 12.1 Å². The Bertz CT molecular complexity index is 717. The molecule has 0 aliphatic carbocycles. The second-order valence-corrected chi connectivity index (χ2v) is 5.11. The van der Waals surface area contributed by atoms with Crippen molar-refractivity contribution in [1.29, 1.82) is 0 Å². The summed E-state index contributed by atoms with van der Waals surface area (Å²) in [5.41, 5.74) is 2.11. The van der Waals surface area contributed by atoms with Gasteiger partial charge in [-0.2, -0.15) is 0 Å². The molecule has 0 saturated heterocycles. The van der Waals surface area contributed by atoms with Crippen molar-refractivity contribution >= 4 is 11.6 Å². The standard InChI is InChI=1S/C16H17N3O4/c1-11-6-12(2)16(14(7-11)19(21)22)23-10-15(20)18-9-13-4-3-5-17-8-13/h3-8H,9-10H2,1-2H3,(H,18,20). The third kappa shape index (κ3) is 4.50. The zero-order valence-corrected chi connectivity index (χ0v) is 12.9. The van der Waals surface area contributed by atoms with Crippen LogP contribution < -0.4 is 10.1 Å². The van der Waals surface area contributed by atoms with Crippen molar-refractivity contribution in [3.05, 3.63) is 63.5 Å². The average molecular weight is 315 g/mol. The largest absolute Gasteiger partial charge is 0.477 e. The molecular weight excluding hydrogens is 298 g/mol. The lowest BCUT2D eigenvalue weighted by molar-refractivity contribution is -0.385. The van der Waals surface area contributed by atoms with E-state index in [1.807, 2.05) is 6.07 Å². The third-order valence-corrected chi connectivity index (χ3v) is 3.16. The van der Waals surface area contributed by atoms with Crippen molar-refractivity contribution in [3.8, 4) is 5.75 Å². The highest BCUT2D eigenvalue weighted by Gasteiger charge is 2.19. The minimum atomic E-state index is -0.511. The van der Waals surface area contributed by atoms with Gasteiger partial charge in [-0.15, -0.1) is 0 Å². The summed E-state index contributed by atoms with van der Waals surface area (Å²) in [5.74, 6) is -0.236. The van der Waals surface area contributed by atoms with Gasteiger partial charge in [0.2, 0.25) is 5.75 Å². The van der Waals surface area contributed by atoms with Crippen LogP contribution in [-0.4, -0.2) is 22.4 Å². The molecule has 1 heterocycles. The molecule has 23 heavy (non-hydrogen) atoms. The molecule has 7 heteroatoms.